The summed E-state index contributed by atoms with van der Waals surface area (Å²) >= 11 is 0. The second kappa shape index (κ2) is 8.27. The van der Waals surface area contributed by atoms with E-state index in [2.05, 4.69) is 44.7 Å². The van der Waals surface area contributed by atoms with Gasteiger partial charge in [0.1, 0.15) is 5.75 Å². The van der Waals surface area contributed by atoms with Crippen LogP contribution in [0.3, 0.4) is 0 Å². The summed E-state index contributed by atoms with van der Waals surface area (Å²) in [5.41, 5.74) is 13.8. The molecule has 3 heterocycles. The Labute approximate surface area is 200 Å². The molecule has 2 aromatic carbocycles. The number of nitrogen functional groups attached to an aromatic ring is 1. The van der Waals surface area contributed by atoms with E-state index < -0.39 is 5.72 Å². The number of rotatable bonds is 3. The summed E-state index contributed by atoms with van der Waals surface area (Å²) in [4.78, 5) is 17.3. The Kier molecular flexibility index (Phi) is 5.38. The minimum absolute atomic E-state index is 0.0930. The molecule has 8 heteroatoms. The molecule has 3 aromatic rings. The number of urea groups is 1. The highest BCUT2D eigenvalue weighted by Crippen LogP contribution is 2.42. The number of aromatic nitrogens is 2. The average Bonchev–Trinajstić information content (AvgIpc) is 3.50. The van der Waals surface area contributed by atoms with Crippen LogP contribution in [0.2, 0.25) is 0 Å². The van der Waals surface area contributed by atoms with Crippen molar-refractivity contribution in [1.82, 2.24) is 20.4 Å². The van der Waals surface area contributed by atoms with Crippen molar-refractivity contribution in [1.29, 1.82) is 0 Å². The van der Waals surface area contributed by atoms with Crippen LogP contribution in [0, 0.1) is 20.8 Å². The molecule has 0 bridgehead atoms. The molecular weight excluding hydrogens is 428 g/mol. The van der Waals surface area contributed by atoms with E-state index >= 15 is 0 Å². The lowest BCUT2D eigenvalue weighted by Crippen LogP contribution is -2.58. The zero-order chi connectivity index (χ0) is 24.0. The van der Waals surface area contributed by atoms with Gasteiger partial charge in [-0.15, -0.1) is 0 Å². The van der Waals surface area contributed by atoms with E-state index in [9.17, 15) is 4.79 Å². The van der Waals surface area contributed by atoms with Crippen LogP contribution in [-0.2, 0) is 6.42 Å². The van der Waals surface area contributed by atoms with Crippen LogP contribution in [0.25, 0.3) is 11.3 Å². The zero-order valence-corrected chi connectivity index (χ0v) is 20.2. The van der Waals surface area contributed by atoms with Crippen molar-refractivity contribution in [2.45, 2.75) is 39.8 Å². The fourth-order valence-electron chi connectivity index (χ4n) is 4.97. The first-order valence-corrected chi connectivity index (χ1v) is 11.7. The molecule has 0 saturated carbocycles. The van der Waals surface area contributed by atoms with Gasteiger partial charge < -0.3 is 20.3 Å². The van der Waals surface area contributed by atoms with Crippen LogP contribution in [0.4, 0.5) is 16.2 Å². The third-order valence-corrected chi connectivity index (χ3v) is 7.26. The van der Waals surface area contributed by atoms with Gasteiger partial charge in [0.05, 0.1) is 5.69 Å². The highest BCUT2D eigenvalue weighted by Gasteiger charge is 2.40. The SMILES string of the molecule is Cc1c(C)c2c(c(C)c1N)CC(C)(NC(=O)N1CCN(c3ccc(-c4ccn[nH]4)cc3)CC1)O2. The Morgan fingerprint density at radius 2 is 1.76 bits per heavy atom. The molecule has 1 aromatic heterocycles. The number of carbonyl (C=O) groups excluding carboxylic acids is 1. The van der Waals surface area contributed by atoms with Gasteiger partial charge in [-0.1, -0.05) is 12.1 Å². The van der Waals surface area contributed by atoms with E-state index in [0.29, 0.717) is 19.5 Å². The topological polar surface area (TPSA) is 99.5 Å². The highest BCUT2D eigenvalue weighted by molar-refractivity contribution is 5.76. The van der Waals surface area contributed by atoms with E-state index in [1.165, 1.54) is 0 Å². The average molecular weight is 461 g/mol. The Bertz CT molecular complexity index is 1170. The zero-order valence-electron chi connectivity index (χ0n) is 20.2. The molecule has 0 spiro atoms. The van der Waals surface area contributed by atoms with Crippen molar-refractivity contribution in [3.63, 3.8) is 0 Å². The highest BCUT2D eigenvalue weighted by atomic mass is 16.5. The standard InChI is InChI=1S/C26H32N6O2/c1-16-17(2)24-21(18(3)23(16)27)15-26(4,34-24)29-25(33)32-13-11-31(12-14-32)20-7-5-19(6-8-20)22-9-10-28-30-22/h5-10H,11-15,27H2,1-4H3,(H,28,30)(H,29,33). The summed E-state index contributed by atoms with van der Waals surface area (Å²) in [6.45, 7) is 10.9. The number of nitrogens with zero attached hydrogens (tertiary/aromatic N) is 3. The molecule has 0 radical (unpaired) electrons. The molecule has 2 aliphatic rings. The maximum Gasteiger partial charge on any atom is 0.320 e. The van der Waals surface area contributed by atoms with E-state index in [4.69, 9.17) is 10.5 Å². The summed E-state index contributed by atoms with van der Waals surface area (Å²) < 4.78 is 6.30. The lowest BCUT2D eigenvalue weighted by atomic mass is 9.94. The van der Waals surface area contributed by atoms with Gasteiger partial charge in [0.15, 0.2) is 5.72 Å². The Hall–Kier alpha value is -3.68. The maximum absolute atomic E-state index is 13.1. The summed E-state index contributed by atoms with van der Waals surface area (Å²) in [5.74, 6) is 0.857. The number of aromatic amines is 1. The van der Waals surface area contributed by atoms with Gasteiger partial charge in [0.2, 0.25) is 0 Å². The fourth-order valence-corrected chi connectivity index (χ4v) is 4.97. The van der Waals surface area contributed by atoms with Crippen LogP contribution in [-0.4, -0.2) is 53.0 Å². The summed E-state index contributed by atoms with van der Waals surface area (Å²) in [5, 5.41) is 10.1. The number of nitrogens with one attached hydrogen (secondary N) is 2. The van der Waals surface area contributed by atoms with Gasteiger partial charge in [-0.25, -0.2) is 4.79 Å². The van der Waals surface area contributed by atoms with Gasteiger partial charge in [0.25, 0.3) is 0 Å². The van der Waals surface area contributed by atoms with E-state index in [0.717, 1.165) is 63.7 Å². The minimum Gasteiger partial charge on any atom is -0.467 e. The summed E-state index contributed by atoms with van der Waals surface area (Å²) in [6, 6.07) is 10.3. The van der Waals surface area contributed by atoms with Crippen molar-refractivity contribution in [3.05, 3.63) is 58.8 Å². The van der Waals surface area contributed by atoms with E-state index in [1.54, 1.807) is 6.20 Å². The third kappa shape index (κ3) is 3.83. The van der Waals surface area contributed by atoms with E-state index in [-0.39, 0.29) is 6.03 Å². The van der Waals surface area contributed by atoms with Crippen molar-refractivity contribution in [3.8, 4) is 17.0 Å². The fraction of sp³-hybridized carbons (Fsp3) is 0.385. The lowest BCUT2D eigenvalue weighted by Gasteiger charge is -2.37. The minimum atomic E-state index is -0.783. The number of hydrogen-bond acceptors (Lipinski definition) is 5. The number of ether oxygens (including phenoxy) is 1. The van der Waals surface area contributed by atoms with Gasteiger partial charge >= 0.3 is 6.03 Å². The first-order valence-electron chi connectivity index (χ1n) is 11.7. The summed E-state index contributed by atoms with van der Waals surface area (Å²) in [7, 11) is 0. The van der Waals surface area contributed by atoms with Crippen molar-refractivity contribution >= 4 is 17.4 Å². The molecule has 178 valence electrons. The molecule has 1 unspecified atom stereocenters. The van der Waals surface area contributed by atoms with Crippen molar-refractivity contribution in [2.75, 3.05) is 36.8 Å². The molecule has 1 saturated heterocycles. The van der Waals surface area contributed by atoms with Crippen LogP contribution < -0.4 is 20.7 Å². The summed E-state index contributed by atoms with van der Waals surface area (Å²) in [6.07, 6.45) is 2.36. The van der Waals surface area contributed by atoms with Crippen molar-refractivity contribution in [2.24, 2.45) is 0 Å². The number of nitrogens with two attached hydrogens (primary N) is 1. The van der Waals surface area contributed by atoms with E-state index in [1.807, 2.05) is 38.7 Å². The maximum atomic E-state index is 13.1. The first-order chi connectivity index (χ1) is 16.3. The van der Waals surface area contributed by atoms with Gasteiger partial charge in [0, 0.05) is 55.7 Å². The Balaban J connectivity index is 1.20. The van der Waals surface area contributed by atoms with Gasteiger partial charge in [-0.05, 0) is 68.1 Å². The Morgan fingerprint density at radius 3 is 2.41 bits per heavy atom. The molecule has 2 amide bonds. The van der Waals surface area contributed by atoms with Crippen LogP contribution in [0.15, 0.2) is 36.5 Å². The number of piperazine rings is 1. The molecule has 5 rings (SSSR count). The molecule has 34 heavy (non-hydrogen) atoms. The normalized spacial score (nSPS) is 19.6. The largest absolute Gasteiger partial charge is 0.467 e. The van der Waals surface area contributed by atoms with Gasteiger partial charge in [-0.2, -0.15) is 5.10 Å². The number of benzene rings is 2. The monoisotopic (exact) mass is 460 g/mol. The number of carbonyl (C=O) groups is 1. The predicted molar refractivity (Wildman–Crippen MR) is 134 cm³/mol. The molecule has 1 fully saturated rings. The first kappa shape index (κ1) is 22.1. The number of hydrogen-bond donors (Lipinski definition) is 3. The number of H-pyrrole nitrogens is 1. The third-order valence-electron chi connectivity index (χ3n) is 7.26. The number of fused-ring (bicyclic) bond motifs is 1. The molecule has 1 atom stereocenters. The van der Waals surface area contributed by atoms with Gasteiger partial charge in [-0.3, -0.25) is 10.4 Å². The second-order valence-electron chi connectivity index (χ2n) is 9.53. The molecule has 8 nitrogen and oxygen atoms in total. The number of amides is 2. The molecule has 0 aliphatic carbocycles. The van der Waals surface area contributed by atoms with Crippen molar-refractivity contribution < 1.29 is 9.53 Å². The van der Waals surface area contributed by atoms with Crippen LogP contribution in [0.1, 0.15) is 29.2 Å². The molecular formula is C26H32N6O2. The van der Waals surface area contributed by atoms with Crippen LogP contribution in [0.5, 0.6) is 5.75 Å². The number of anilines is 2. The second-order valence-corrected chi connectivity index (χ2v) is 9.53. The molecule has 2 aliphatic heterocycles. The molecule has 4 N–H and O–H groups in total. The predicted octanol–water partition coefficient (Wildman–Crippen LogP) is 3.77. The quantitative estimate of drug-likeness (QED) is 0.517. The Morgan fingerprint density at radius 1 is 1.06 bits per heavy atom. The van der Waals surface area contributed by atoms with Crippen LogP contribution >= 0.6 is 0 Å². The lowest BCUT2D eigenvalue weighted by molar-refractivity contribution is 0.0757. The smallest absolute Gasteiger partial charge is 0.320 e.